The number of hydrogen-bond acceptors (Lipinski definition) is 5. The van der Waals surface area contributed by atoms with Gasteiger partial charge in [0.2, 0.25) is 10.0 Å². The van der Waals surface area contributed by atoms with Gasteiger partial charge in [0.25, 0.3) is 0 Å². The van der Waals surface area contributed by atoms with Crippen molar-refractivity contribution >= 4 is 10.0 Å². The van der Waals surface area contributed by atoms with Gasteiger partial charge in [0.05, 0.1) is 11.9 Å². The first-order valence-electron chi connectivity index (χ1n) is 10.6. The van der Waals surface area contributed by atoms with E-state index in [1.807, 2.05) is 0 Å². The van der Waals surface area contributed by atoms with Crippen molar-refractivity contribution in [1.29, 1.82) is 0 Å². The first-order chi connectivity index (χ1) is 14.3. The van der Waals surface area contributed by atoms with Gasteiger partial charge in [0.1, 0.15) is 17.7 Å². The van der Waals surface area contributed by atoms with Crippen LogP contribution in [0.2, 0.25) is 0 Å². The minimum atomic E-state index is -3.16. The minimum Gasteiger partial charge on any atom is -0.370 e. The minimum absolute atomic E-state index is 0.0796. The third kappa shape index (κ3) is 3.71. The van der Waals surface area contributed by atoms with E-state index in [4.69, 9.17) is 10.5 Å². The molecule has 0 bridgehead atoms. The van der Waals surface area contributed by atoms with E-state index in [9.17, 15) is 17.2 Å². The Morgan fingerprint density at radius 2 is 1.87 bits per heavy atom. The van der Waals surface area contributed by atoms with Gasteiger partial charge < -0.3 is 10.5 Å². The Kier molecular flexibility index (Phi) is 5.22. The van der Waals surface area contributed by atoms with Gasteiger partial charge in [-0.25, -0.2) is 17.2 Å². The molecule has 1 saturated carbocycles. The largest absolute Gasteiger partial charge is 0.370 e. The summed E-state index contributed by atoms with van der Waals surface area (Å²) in [5, 5.41) is -0.181. The lowest BCUT2D eigenvalue weighted by Gasteiger charge is -2.41. The Labute approximate surface area is 175 Å². The van der Waals surface area contributed by atoms with E-state index in [1.165, 1.54) is 11.1 Å². The number of benzene rings is 1. The average Bonchev–Trinajstić information content (AvgIpc) is 3.49. The van der Waals surface area contributed by atoms with Gasteiger partial charge in [0.15, 0.2) is 0 Å². The van der Waals surface area contributed by atoms with E-state index in [-0.39, 0.29) is 16.9 Å². The summed E-state index contributed by atoms with van der Waals surface area (Å²) < 4.78 is 60.4. The average molecular weight is 440 g/mol. The zero-order valence-corrected chi connectivity index (χ0v) is 17.6. The number of rotatable bonds is 4. The maximum atomic E-state index is 14.1. The molecule has 0 amide bonds. The fourth-order valence-corrected chi connectivity index (χ4v) is 6.77. The number of hydrogen-bond donors (Lipinski definition) is 1. The third-order valence-electron chi connectivity index (χ3n) is 6.82. The van der Waals surface area contributed by atoms with Crippen LogP contribution in [0, 0.1) is 11.6 Å². The topological polar surface area (TPSA) is 75.9 Å². The van der Waals surface area contributed by atoms with Crippen molar-refractivity contribution in [3.8, 4) is 0 Å². The molecule has 9 heteroatoms. The highest BCUT2D eigenvalue weighted by atomic mass is 32.2. The van der Waals surface area contributed by atoms with E-state index in [0.29, 0.717) is 32.7 Å². The van der Waals surface area contributed by atoms with E-state index in [2.05, 4.69) is 4.90 Å². The summed E-state index contributed by atoms with van der Waals surface area (Å²) in [6.07, 6.45) is 2.36. The zero-order chi connectivity index (χ0) is 21.0. The molecule has 2 N–H and O–H groups in total. The molecule has 30 heavy (non-hydrogen) atoms. The summed E-state index contributed by atoms with van der Waals surface area (Å²) in [5.74, 6) is -1.02. The van der Waals surface area contributed by atoms with E-state index < -0.39 is 33.8 Å². The highest BCUT2D eigenvalue weighted by Crippen LogP contribution is 2.37. The van der Waals surface area contributed by atoms with Gasteiger partial charge in [-0.3, -0.25) is 4.90 Å². The van der Waals surface area contributed by atoms with Crippen LogP contribution >= 0.6 is 0 Å². The molecule has 5 rings (SSSR count). The first kappa shape index (κ1) is 20.5. The van der Waals surface area contributed by atoms with Gasteiger partial charge in [-0.15, -0.1) is 0 Å². The summed E-state index contributed by atoms with van der Waals surface area (Å²) in [4.78, 5) is 2.30. The first-order valence-corrected chi connectivity index (χ1v) is 12.1. The van der Waals surface area contributed by atoms with E-state index >= 15 is 0 Å². The summed E-state index contributed by atoms with van der Waals surface area (Å²) in [6, 6.07) is 2.99. The number of sulfonamides is 1. The Morgan fingerprint density at radius 3 is 2.60 bits per heavy atom. The molecule has 0 aromatic heterocycles. The highest BCUT2D eigenvalue weighted by Gasteiger charge is 2.44. The van der Waals surface area contributed by atoms with Gasteiger partial charge in [-0.1, -0.05) is 5.57 Å². The molecule has 3 aliphatic heterocycles. The molecule has 4 aliphatic rings. The second-order valence-corrected chi connectivity index (χ2v) is 11.1. The van der Waals surface area contributed by atoms with E-state index in [1.54, 1.807) is 4.31 Å². The molecule has 1 aromatic rings. The molecule has 2 fully saturated rings. The van der Waals surface area contributed by atoms with Crippen LogP contribution in [0.3, 0.4) is 0 Å². The Hall–Kier alpha value is -1.39. The second kappa shape index (κ2) is 7.63. The van der Waals surface area contributed by atoms with Gasteiger partial charge in [-0.05, 0) is 49.5 Å². The Bertz CT molecular complexity index is 980. The number of nitrogens with zero attached hydrogens (tertiary/aromatic N) is 2. The molecule has 6 nitrogen and oxygen atoms in total. The van der Waals surface area contributed by atoms with Crippen molar-refractivity contribution in [2.75, 3.05) is 32.8 Å². The zero-order valence-electron chi connectivity index (χ0n) is 16.8. The van der Waals surface area contributed by atoms with Crippen LogP contribution in [-0.2, 0) is 14.8 Å². The van der Waals surface area contributed by atoms with Crippen LogP contribution in [0.15, 0.2) is 29.3 Å². The molecule has 1 aromatic carbocycles. The standard InChI is InChI=1S/C21H27F2N3O3S/c22-15-1-4-19(23)18(7-15)21-20(24)8-16(12-29-21)25-6-5-13-10-26(11-14(13)9-25)30(27,28)17-2-3-17/h1,4,7,16-17,20-21H,2-3,5-6,8-12,24H2/t16-,20+,21-/m1/s1. The molecule has 1 saturated heterocycles. The smallest absolute Gasteiger partial charge is 0.217 e. The molecular formula is C21H27F2N3O3S. The van der Waals surface area contributed by atoms with Gasteiger partial charge in [-0.2, -0.15) is 4.31 Å². The molecular weight excluding hydrogens is 412 g/mol. The summed E-state index contributed by atoms with van der Waals surface area (Å²) in [5.41, 5.74) is 8.92. The third-order valence-corrected chi connectivity index (χ3v) is 9.11. The molecule has 3 atom stereocenters. The monoisotopic (exact) mass is 439 g/mol. The van der Waals surface area contributed by atoms with Gasteiger partial charge >= 0.3 is 0 Å². The fourth-order valence-electron chi connectivity index (χ4n) is 4.95. The quantitative estimate of drug-likeness (QED) is 0.726. The van der Waals surface area contributed by atoms with Crippen molar-refractivity contribution in [2.45, 2.75) is 49.1 Å². The number of ether oxygens (including phenoxy) is 1. The van der Waals surface area contributed by atoms with Crippen LogP contribution in [0.4, 0.5) is 8.78 Å². The maximum Gasteiger partial charge on any atom is 0.217 e. The molecule has 1 aliphatic carbocycles. The Balaban J connectivity index is 1.23. The number of halogens is 2. The van der Waals surface area contributed by atoms with Crippen molar-refractivity contribution in [3.05, 3.63) is 46.5 Å². The van der Waals surface area contributed by atoms with Crippen LogP contribution < -0.4 is 5.73 Å². The van der Waals surface area contributed by atoms with Crippen molar-refractivity contribution in [2.24, 2.45) is 5.73 Å². The lowest BCUT2D eigenvalue weighted by Crippen LogP contribution is -2.51. The molecule has 3 heterocycles. The van der Waals surface area contributed by atoms with Crippen LogP contribution in [-0.4, -0.2) is 67.7 Å². The normalized spacial score (nSPS) is 31.2. The lowest BCUT2D eigenvalue weighted by molar-refractivity contribution is -0.0506. The SMILES string of the molecule is N[C@H]1C[C@@H](N2CCC3=C(C2)CN(S(=O)(=O)C2CC2)C3)CO[C@@H]1c1cc(F)ccc1F. The van der Waals surface area contributed by atoms with Crippen molar-refractivity contribution in [3.63, 3.8) is 0 Å². The second-order valence-electron chi connectivity index (χ2n) is 8.91. The fraction of sp³-hybridized carbons (Fsp3) is 0.619. The van der Waals surface area contributed by atoms with Crippen LogP contribution in [0.25, 0.3) is 0 Å². The Morgan fingerprint density at radius 1 is 1.10 bits per heavy atom. The molecule has 0 unspecified atom stereocenters. The molecule has 0 spiro atoms. The summed E-state index contributed by atoms with van der Waals surface area (Å²) in [6.45, 7) is 2.95. The predicted molar refractivity (Wildman–Crippen MR) is 108 cm³/mol. The summed E-state index contributed by atoms with van der Waals surface area (Å²) >= 11 is 0. The summed E-state index contributed by atoms with van der Waals surface area (Å²) in [7, 11) is -3.16. The van der Waals surface area contributed by atoms with Crippen LogP contribution in [0.5, 0.6) is 0 Å². The van der Waals surface area contributed by atoms with Crippen LogP contribution in [0.1, 0.15) is 37.4 Å². The van der Waals surface area contributed by atoms with Gasteiger partial charge in [0, 0.05) is 43.8 Å². The lowest BCUT2D eigenvalue weighted by atomic mass is 9.92. The highest BCUT2D eigenvalue weighted by molar-refractivity contribution is 7.90. The van der Waals surface area contributed by atoms with Crippen molar-refractivity contribution < 1.29 is 21.9 Å². The van der Waals surface area contributed by atoms with E-state index in [0.717, 1.165) is 44.0 Å². The maximum absolute atomic E-state index is 14.1. The number of nitrogens with two attached hydrogens (primary N) is 1. The van der Waals surface area contributed by atoms with Crippen molar-refractivity contribution in [1.82, 2.24) is 9.21 Å². The molecule has 0 radical (unpaired) electrons. The predicted octanol–water partition coefficient (Wildman–Crippen LogP) is 1.93. The molecule has 164 valence electrons.